The maximum Gasteiger partial charge on any atom is 0.129 e. The summed E-state index contributed by atoms with van der Waals surface area (Å²) >= 11 is 12.2. The van der Waals surface area contributed by atoms with Crippen LogP contribution in [0.5, 0.6) is 0 Å². The molecule has 0 radical (unpaired) electrons. The van der Waals surface area contributed by atoms with Crippen molar-refractivity contribution in [1.29, 1.82) is 5.26 Å². The van der Waals surface area contributed by atoms with Crippen LogP contribution in [-0.4, -0.2) is 14.5 Å². The minimum absolute atomic E-state index is 0.255. The highest BCUT2D eigenvalue weighted by Crippen LogP contribution is 2.28. The van der Waals surface area contributed by atoms with Crippen LogP contribution in [0.4, 0.5) is 0 Å². The summed E-state index contributed by atoms with van der Waals surface area (Å²) < 4.78 is 1.88. The quantitative estimate of drug-likeness (QED) is 0.678. The molecule has 0 aliphatic rings. The first-order valence-corrected chi connectivity index (χ1v) is 6.73. The fourth-order valence-electron chi connectivity index (χ4n) is 2.10. The second-order valence-electron chi connectivity index (χ2n) is 4.14. The molecule has 2 heterocycles. The van der Waals surface area contributed by atoms with Crippen LogP contribution in [0.3, 0.4) is 0 Å². The van der Waals surface area contributed by atoms with Crippen LogP contribution in [-0.2, 0) is 5.88 Å². The lowest BCUT2D eigenvalue weighted by molar-refractivity contribution is 0.982. The topological polar surface area (TPSA) is 54.5 Å². The molecule has 0 amide bonds. The number of alkyl halides is 1. The summed E-state index contributed by atoms with van der Waals surface area (Å²) in [6, 6.07) is 9.05. The number of benzene rings is 1. The molecule has 2 aromatic heterocycles. The molecule has 0 atom stereocenters. The van der Waals surface area contributed by atoms with Gasteiger partial charge in [-0.25, -0.2) is 4.98 Å². The number of aromatic nitrogens is 3. The van der Waals surface area contributed by atoms with Crippen LogP contribution in [0.25, 0.3) is 16.7 Å². The van der Waals surface area contributed by atoms with Gasteiger partial charge in [0.2, 0.25) is 0 Å². The maximum atomic E-state index is 8.90. The predicted octanol–water partition coefficient (Wildman–Crippen LogP) is 3.68. The van der Waals surface area contributed by atoms with Gasteiger partial charge in [-0.15, -0.1) is 11.6 Å². The van der Waals surface area contributed by atoms with Crippen molar-refractivity contribution in [2.45, 2.75) is 5.88 Å². The second-order valence-corrected chi connectivity index (χ2v) is 4.81. The summed E-state index contributed by atoms with van der Waals surface area (Å²) in [6.07, 6.45) is 3.37. The summed E-state index contributed by atoms with van der Waals surface area (Å²) in [5.74, 6) is 0.937. The number of hydrogen-bond acceptors (Lipinski definition) is 3. The van der Waals surface area contributed by atoms with E-state index >= 15 is 0 Å². The maximum absolute atomic E-state index is 8.90. The first kappa shape index (κ1) is 12.9. The van der Waals surface area contributed by atoms with Crippen molar-refractivity contribution in [3.05, 3.63) is 53.1 Å². The van der Waals surface area contributed by atoms with Crippen molar-refractivity contribution in [3.8, 4) is 11.8 Å². The lowest BCUT2D eigenvalue weighted by Crippen LogP contribution is -2.00. The Morgan fingerprint density at radius 3 is 2.85 bits per heavy atom. The van der Waals surface area contributed by atoms with Gasteiger partial charge in [0.1, 0.15) is 11.3 Å². The first-order valence-electron chi connectivity index (χ1n) is 5.82. The van der Waals surface area contributed by atoms with Crippen molar-refractivity contribution in [2.75, 3.05) is 0 Å². The van der Waals surface area contributed by atoms with Gasteiger partial charge in [0.05, 0.1) is 39.9 Å². The SMILES string of the molecule is N#Cc1ccc(-n2c(CCl)nc3cnccc32)c(Cl)c1. The van der Waals surface area contributed by atoms with Crippen molar-refractivity contribution < 1.29 is 0 Å². The van der Waals surface area contributed by atoms with Gasteiger partial charge in [0.15, 0.2) is 0 Å². The number of nitriles is 1. The lowest BCUT2D eigenvalue weighted by atomic mass is 10.2. The molecule has 98 valence electrons. The van der Waals surface area contributed by atoms with E-state index < -0.39 is 0 Å². The van der Waals surface area contributed by atoms with E-state index in [0.29, 0.717) is 16.4 Å². The molecule has 0 bridgehead atoms. The molecular formula is C14H8Cl2N4. The third-order valence-electron chi connectivity index (χ3n) is 2.96. The van der Waals surface area contributed by atoms with Crippen LogP contribution in [0.1, 0.15) is 11.4 Å². The van der Waals surface area contributed by atoms with Crippen molar-refractivity contribution in [2.24, 2.45) is 0 Å². The fraction of sp³-hybridized carbons (Fsp3) is 0.0714. The van der Waals surface area contributed by atoms with Crippen LogP contribution < -0.4 is 0 Å². The normalized spacial score (nSPS) is 10.7. The van der Waals surface area contributed by atoms with E-state index in [-0.39, 0.29) is 5.88 Å². The predicted molar refractivity (Wildman–Crippen MR) is 78.1 cm³/mol. The molecule has 1 aromatic carbocycles. The molecule has 0 aliphatic heterocycles. The molecule has 0 N–H and O–H groups in total. The summed E-state index contributed by atoms with van der Waals surface area (Å²) in [5.41, 5.74) is 2.89. The Balaban J connectivity index is 2.31. The summed E-state index contributed by atoms with van der Waals surface area (Å²) in [5, 5.41) is 9.38. The standard InChI is InChI=1S/C14H8Cl2N4/c15-6-14-19-11-8-18-4-3-13(11)20(14)12-2-1-9(7-17)5-10(12)16/h1-5,8H,6H2. The molecule has 0 aliphatic carbocycles. The number of fused-ring (bicyclic) bond motifs is 1. The van der Waals surface area contributed by atoms with E-state index in [1.807, 2.05) is 10.6 Å². The average molecular weight is 303 g/mol. The zero-order chi connectivity index (χ0) is 14.1. The van der Waals surface area contributed by atoms with Crippen LogP contribution >= 0.6 is 23.2 Å². The van der Waals surface area contributed by atoms with Gasteiger partial charge < -0.3 is 0 Å². The molecule has 3 aromatic rings. The highest BCUT2D eigenvalue weighted by molar-refractivity contribution is 6.32. The summed E-state index contributed by atoms with van der Waals surface area (Å²) in [4.78, 5) is 8.49. The molecular weight excluding hydrogens is 295 g/mol. The lowest BCUT2D eigenvalue weighted by Gasteiger charge is -2.10. The van der Waals surface area contributed by atoms with Gasteiger partial charge in [0.25, 0.3) is 0 Å². The van der Waals surface area contributed by atoms with Gasteiger partial charge in [-0.2, -0.15) is 5.26 Å². The van der Waals surface area contributed by atoms with Gasteiger partial charge in [-0.1, -0.05) is 11.6 Å². The Morgan fingerprint density at radius 1 is 1.30 bits per heavy atom. The van der Waals surface area contributed by atoms with Gasteiger partial charge in [-0.05, 0) is 24.3 Å². The Hall–Kier alpha value is -2.09. The van der Waals surface area contributed by atoms with Crippen molar-refractivity contribution in [3.63, 3.8) is 0 Å². The van der Waals surface area contributed by atoms with E-state index in [2.05, 4.69) is 16.0 Å². The third-order valence-corrected chi connectivity index (χ3v) is 3.51. The summed E-state index contributed by atoms with van der Waals surface area (Å²) in [7, 11) is 0. The van der Waals surface area contributed by atoms with E-state index in [1.165, 1.54) is 0 Å². The summed E-state index contributed by atoms with van der Waals surface area (Å²) in [6.45, 7) is 0. The molecule has 3 rings (SSSR count). The van der Waals surface area contributed by atoms with Gasteiger partial charge >= 0.3 is 0 Å². The zero-order valence-corrected chi connectivity index (χ0v) is 11.7. The highest BCUT2D eigenvalue weighted by Gasteiger charge is 2.14. The van der Waals surface area contributed by atoms with E-state index in [0.717, 1.165) is 16.7 Å². The zero-order valence-electron chi connectivity index (χ0n) is 10.2. The molecule has 0 fully saturated rings. The average Bonchev–Trinajstić information content (AvgIpc) is 2.85. The largest absolute Gasteiger partial charge is 0.294 e. The number of pyridine rings is 1. The highest BCUT2D eigenvalue weighted by atomic mass is 35.5. The monoisotopic (exact) mass is 302 g/mol. The minimum atomic E-state index is 0.255. The Morgan fingerprint density at radius 2 is 2.15 bits per heavy atom. The van der Waals surface area contributed by atoms with Crippen LogP contribution in [0.15, 0.2) is 36.7 Å². The van der Waals surface area contributed by atoms with Crippen molar-refractivity contribution in [1.82, 2.24) is 14.5 Å². The Kier molecular flexibility index (Phi) is 3.31. The van der Waals surface area contributed by atoms with Gasteiger partial charge in [0, 0.05) is 6.20 Å². The van der Waals surface area contributed by atoms with Crippen LogP contribution in [0, 0.1) is 11.3 Å². The Labute approximate surface area is 125 Å². The van der Waals surface area contributed by atoms with E-state index in [9.17, 15) is 0 Å². The fourth-order valence-corrected chi connectivity index (χ4v) is 2.54. The molecule has 0 spiro atoms. The van der Waals surface area contributed by atoms with Crippen LogP contribution in [0.2, 0.25) is 5.02 Å². The van der Waals surface area contributed by atoms with E-state index in [1.54, 1.807) is 30.6 Å². The third kappa shape index (κ3) is 2.01. The van der Waals surface area contributed by atoms with E-state index in [4.69, 9.17) is 28.5 Å². The van der Waals surface area contributed by atoms with Crippen molar-refractivity contribution >= 4 is 34.2 Å². The smallest absolute Gasteiger partial charge is 0.129 e. The Bertz CT molecular complexity index is 833. The molecule has 6 heteroatoms. The number of imidazole rings is 1. The molecule has 0 saturated heterocycles. The minimum Gasteiger partial charge on any atom is -0.294 e. The molecule has 0 unspecified atom stereocenters. The second kappa shape index (κ2) is 5.12. The number of nitrogens with zero attached hydrogens (tertiary/aromatic N) is 4. The number of halogens is 2. The molecule has 20 heavy (non-hydrogen) atoms. The van der Waals surface area contributed by atoms with Gasteiger partial charge in [-0.3, -0.25) is 9.55 Å². The number of rotatable bonds is 2. The first-order chi connectivity index (χ1) is 9.74. The number of hydrogen-bond donors (Lipinski definition) is 0. The molecule has 4 nitrogen and oxygen atoms in total. The molecule has 0 saturated carbocycles.